The Morgan fingerprint density at radius 3 is 2.96 bits per heavy atom. The Morgan fingerprint density at radius 1 is 1.30 bits per heavy atom. The number of imidazole rings is 1. The lowest BCUT2D eigenvalue weighted by Gasteiger charge is -2.54. The highest BCUT2D eigenvalue weighted by molar-refractivity contribution is 5.11. The minimum atomic E-state index is 0.448. The number of rotatable bonds is 6. The van der Waals surface area contributed by atoms with Gasteiger partial charge < -0.3 is 14.6 Å². The molecule has 0 unspecified atom stereocenters. The van der Waals surface area contributed by atoms with Gasteiger partial charge >= 0.3 is 0 Å². The molecule has 0 bridgehead atoms. The third-order valence-electron chi connectivity index (χ3n) is 6.42. The van der Waals surface area contributed by atoms with Crippen molar-refractivity contribution in [2.75, 3.05) is 13.2 Å². The largest absolute Gasteiger partial charge is 0.378 e. The predicted octanol–water partition coefficient (Wildman–Crippen LogP) is 3.09. The average molecular weight is 317 g/mol. The molecule has 1 N–H and O–H groups in total. The number of nitrogens with one attached hydrogen (secondary N) is 1. The molecule has 0 radical (unpaired) electrons. The van der Waals surface area contributed by atoms with Crippen molar-refractivity contribution in [3.8, 4) is 0 Å². The molecule has 2 aliphatic carbocycles. The number of aryl methyl sites for hydroxylation is 2. The molecule has 1 aromatic rings. The first-order valence-corrected chi connectivity index (χ1v) is 9.72. The fourth-order valence-corrected chi connectivity index (χ4v) is 5.14. The molecule has 0 amide bonds. The minimum absolute atomic E-state index is 0.448. The Balaban J connectivity index is 1.30. The maximum absolute atomic E-state index is 6.01. The van der Waals surface area contributed by atoms with Crippen LogP contribution in [0, 0.1) is 5.41 Å². The van der Waals surface area contributed by atoms with Gasteiger partial charge in [0.2, 0.25) is 0 Å². The van der Waals surface area contributed by atoms with Crippen LogP contribution in [0.15, 0.2) is 6.20 Å². The van der Waals surface area contributed by atoms with E-state index in [1.807, 2.05) is 0 Å². The van der Waals surface area contributed by atoms with E-state index < -0.39 is 0 Å². The van der Waals surface area contributed by atoms with E-state index in [-0.39, 0.29) is 0 Å². The number of hydrogen-bond acceptors (Lipinski definition) is 3. The fourth-order valence-electron chi connectivity index (χ4n) is 5.14. The summed E-state index contributed by atoms with van der Waals surface area (Å²) in [4.78, 5) is 4.82. The Morgan fingerprint density at radius 2 is 2.17 bits per heavy atom. The lowest BCUT2D eigenvalue weighted by molar-refractivity contribution is -0.130. The molecule has 4 nitrogen and oxygen atoms in total. The molecule has 4 heteroatoms. The summed E-state index contributed by atoms with van der Waals surface area (Å²) in [6.07, 6.45) is 14.3. The molecule has 128 valence electrons. The van der Waals surface area contributed by atoms with Crippen LogP contribution in [-0.2, 0) is 24.1 Å². The second kappa shape index (κ2) is 6.56. The number of fused-ring (bicyclic) bond motifs is 1. The zero-order valence-corrected chi connectivity index (χ0v) is 14.5. The SMILES string of the molecule is CCO[C@H]1C[C@H](NCCc2cn3c(n2)CCCC3)C12CCCC2. The van der Waals surface area contributed by atoms with E-state index in [9.17, 15) is 0 Å². The van der Waals surface area contributed by atoms with E-state index in [4.69, 9.17) is 9.72 Å². The summed E-state index contributed by atoms with van der Waals surface area (Å²) in [6, 6.07) is 0.666. The summed E-state index contributed by atoms with van der Waals surface area (Å²) in [5.74, 6) is 1.30. The quantitative estimate of drug-likeness (QED) is 0.876. The van der Waals surface area contributed by atoms with E-state index in [0.717, 1.165) is 32.5 Å². The highest BCUT2D eigenvalue weighted by Crippen LogP contribution is 2.54. The first kappa shape index (κ1) is 15.6. The molecular formula is C19H31N3O. The van der Waals surface area contributed by atoms with Gasteiger partial charge in [0.05, 0.1) is 11.8 Å². The van der Waals surface area contributed by atoms with E-state index in [1.54, 1.807) is 0 Å². The maximum atomic E-state index is 6.01. The Labute approximate surface area is 140 Å². The van der Waals surface area contributed by atoms with Gasteiger partial charge in [0, 0.05) is 50.2 Å². The summed E-state index contributed by atoms with van der Waals surface area (Å²) >= 11 is 0. The van der Waals surface area contributed by atoms with Gasteiger partial charge in [-0.25, -0.2) is 4.98 Å². The van der Waals surface area contributed by atoms with Crippen LogP contribution in [0.5, 0.6) is 0 Å². The van der Waals surface area contributed by atoms with Crippen molar-refractivity contribution in [1.29, 1.82) is 0 Å². The van der Waals surface area contributed by atoms with E-state index >= 15 is 0 Å². The van der Waals surface area contributed by atoms with Crippen LogP contribution in [0.4, 0.5) is 0 Å². The van der Waals surface area contributed by atoms with E-state index in [0.29, 0.717) is 17.6 Å². The minimum Gasteiger partial charge on any atom is -0.378 e. The summed E-state index contributed by atoms with van der Waals surface area (Å²) in [7, 11) is 0. The van der Waals surface area contributed by atoms with Crippen molar-refractivity contribution in [3.63, 3.8) is 0 Å². The fraction of sp³-hybridized carbons (Fsp3) is 0.842. The van der Waals surface area contributed by atoms with Gasteiger partial charge in [0.1, 0.15) is 5.82 Å². The van der Waals surface area contributed by atoms with Gasteiger partial charge in [-0.3, -0.25) is 0 Å². The van der Waals surface area contributed by atoms with Gasteiger partial charge in [-0.2, -0.15) is 0 Å². The Kier molecular flexibility index (Phi) is 4.46. The second-order valence-corrected chi connectivity index (χ2v) is 7.68. The molecule has 23 heavy (non-hydrogen) atoms. The first-order chi connectivity index (χ1) is 11.3. The standard InChI is InChI=1S/C19H31N3O/c1-2-23-17-13-16(19(17)9-4-5-10-19)20-11-8-15-14-22-12-6-3-7-18(22)21-15/h14,16-17,20H,2-13H2,1H3/t16-,17-/m0/s1. The molecule has 2 heterocycles. The molecular weight excluding hydrogens is 286 g/mol. The summed E-state index contributed by atoms with van der Waals surface area (Å²) in [6.45, 7) is 5.21. The first-order valence-electron chi connectivity index (χ1n) is 9.72. The van der Waals surface area contributed by atoms with Crippen molar-refractivity contribution in [3.05, 3.63) is 17.7 Å². The number of nitrogens with zero attached hydrogens (tertiary/aromatic N) is 2. The zero-order chi connectivity index (χ0) is 15.7. The van der Waals surface area contributed by atoms with Crippen LogP contribution < -0.4 is 5.32 Å². The van der Waals surface area contributed by atoms with Crippen molar-refractivity contribution in [1.82, 2.24) is 14.9 Å². The van der Waals surface area contributed by atoms with Crippen LogP contribution in [0.2, 0.25) is 0 Å². The Hall–Kier alpha value is -0.870. The summed E-state index contributed by atoms with van der Waals surface area (Å²) in [5.41, 5.74) is 1.72. The summed E-state index contributed by atoms with van der Waals surface area (Å²) in [5, 5.41) is 3.84. The van der Waals surface area contributed by atoms with Gasteiger partial charge in [0.15, 0.2) is 0 Å². The molecule has 2 fully saturated rings. The molecule has 4 rings (SSSR count). The maximum Gasteiger partial charge on any atom is 0.108 e. The van der Waals surface area contributed by atoms with E-state index in [2.05, 4.69) is 23.0 Å². The number of aromatic nitrogens is 2. The highest BCUT2D eigenvalue weighted by Gasteiger charge is 2.56. The molecule has 3 aliphatic rings. The predicted molar refractivity (Wildman–Crippen MR) is 91.6 cm³/mol. The zero-order valence-electron chi connectivity index (χ0n) is 14.5. The monoisotopic (exact) mass is 317 g/mol. The number of ether oxygens (including phenoxy) is 1. The molecule has 1 aromatic heterocycles. The Bertz CT molecular complexity index is 509. The van der Waals surface area contributed by atoms with Gasteiger partial charge in [0.25, 0.3) is 0 Å². The van der Waals surface area contributed by atoms with Crippen molar-refractivity contribution < 1.29 is 4.74 Å². The van der Waals surface area contributed by atoms with Gasteiger partial charge in [-0.05, 0) is 39.0 Å². The van der Waals surface area contributed by atoms with Crippen LogP contribution in [0.1, 0.15) is 63.4 Å². The van der Waals surface area contributed by atoms with E-state index in [1.165, 1.54) is 56.5 Å². The normalized spacial score (nSPS) is 28.7. The van der Waals surface area contributed by atoms with Crippen molar-refractivity contribution in [2.45, 2.75) is 83.4 Å². The lowest BCUT2D eigenvalue weighted by Crippen LogP contribution is -2.62. The molecule has 1 spiro atoms. The van der Waals surface area contributed by atoms with Crippen LogP contribution in [0.3, 0.4) is 0 Å². The molecule has 0 aromatic carbocycles. The topological polar surface area (TPSA) is 39.1 Å². The summed E-state index contributed by atoms with van der Waals surface area (Å²) < 4.78 is 8.38. The third kappa shape index (κ3) is 2.85. The van der Waals surface area contributed by atoms with Crippen molar-refractivity contribution in [2.24, 2.45) is 5.41 Å². The smallest absolute Gasteiger partial charge is 0.108 e. The molecule has 2 atom stereocenters. The van der Waals surface area contributed by atoms with Crippen LogP contribution in [0.25, 0.3) is 0 Å². The van der Waals surface area contributed by atoms with Gasteiger partial charge in [-0.1, -0.05) is 12.8 Å². The van der Waals surface area contributed by atoms with Crippen LogP contribution >= 0.6 is 0 Å². The number of hydrogen-bond donors (Lipinski definition) is 1. The molecule has 0 saturated heterocycles. The molecule has 1 aliphatic heterocycles. The third-order valence-corrected chi connectivity index (χ3v) is 6.42. The highest BCUT2D eigenvalue weighted by atomic mass is 16.5. The lowest BCUT2D eigenvalue weighted by atomic mass is 9.60. The molecule has 2 saturated carbocycles. The average Bonchev–Trinajstić information content (AvgIpc) is 3.21. The second-order valence-electron chi connectivity index (χ2n) is 7.68. The van der Waals surface area contributed by atoms with Gasteiger partial charge in [-0.15, -0.1) is 0 Å². The van der Waals surface area contributed by atoms with Crippen molar-refractivity contribution >= 4 is 0 Å². The van der Waals surface area contributed by atoms with Crippen LogP contribution in [-0.4, -0.2) is 34.8 Å².